The van der Waals surface area contributed by atoms with E-state index in [9.17, 15) is 15.3 Å². The minimum atomic E-state index is -1.69. The third kappa shape index (κ3) is 1.77. The van der Waals surface area contributed by atoms with E-state index in [2.05, 4.69) is 0 Å². The van der Waals surface area contributed by atoms with Gasteiger partial charge in [0, 0.05) is 7.11 Å². The maximum atomic E-state index is 9.74. The van der Waals surface area contributed by atoms with Gasteiger partial charge in [-0.2, -0.15) is 0 Å². The van der Waals surface area contributed by atoms with E-state index in [1.807, 2.05) is 0 Å². The van der Waals surface area contributed by atoms with Crippen molar-refractivity contribution in [3.63, 3.8) is 0 Å². The van der Waals surface area contributed by atoms with E-state index >= 15 is 0 Å². The van der Waals surface area contributed by atoms with Crippen molar-refractivity contribution in [3.8, 4) is 0 Å². The average molecular weight is 208 g/mol. The Kier molecular flexibility index (Phi) is 3.46. The van der Waals surface area contributed by atoms with Crippen molar-refractivity contribution in [2.45, 2.75) is 37.1 Å². The van der Waals surface area contributed by atoms with Crippen LogP contribution in [-0.2, 0) is 9.47 Å². The molecule has 1 aliphatic rings. The second kappa shape index (κ2) is 4.09. The first-order chi connectivity index (χ1) is 6.45. The largest absolute Gasteiger partial charge is 0.394 e. The fourth-order valence-corrected chi connectivity index (χ4v) is 1.51. The molecule has 1 fully saturated rings. The van der Waals surface area contributed by atoms with Crippen LogP contribution in [0.15, 0.2) is 0 Å². The summed E-state index contributed by atoms with van der Waals surface area (Å²) < 4.78 is 9.85. The second-order valence-electron chi connectivity index (χ2n) is 3.59. The molecule has 4 N–H and O–H groups in total. The third-order valence-electron chi connectivity index (χ3n) is 2.47. The van der Waals surface area contributed by atoms with E-state index in [4.69, 9.17) is 14.6 Å². The smallest absolute Gasteiger partial charge is 0.188 e. The highest BCUT2D eigenvalue weighted by atomic mass is 16.7. The zero-order valence-electron chi connectivity index (χ0n) is 8.12. The predicted octanol–water partition coefficient (Wildman–Crippen LogP) is -2.18. The molecule has 6 nitrogen and oxygen atoms in total. The molecule has 1 aliphatic heterocycles. The first-order valence-corrected chi connectivity index (χ1v) is 4.32. The van der Waals surface area contributed by atoms with Crippen molar-refractivity contribution in [1.29, 1.82) is 0 Å². The van der Waals surface area contributed by atoms with Crippen LogP contribution < -0.4 is 0 Å². The molecule has 0 saturated carbocycles. The summed E-state index contributed by atoms with van der Waals surface area (Å²) in [5.74, 6) is 0. The maximum absolute atomic E-state index is 9.74. The lowest BCUT2D eigenvalue weighted by molar-refractivity contribution is -0.330. The Morgan fingerprint density at radius 2 is 2.00 bits per heavy atom. The molecule has 0 aromatic heterocycles. The monoisotopic (exact) mass is 208 g/mol. The molecule has 1 saturated heterocycles. The lowest BCUT2D eigenvalue weighted by Gasteiger charge is -2.45. The Morgan fingerprint density at radius 3 is 2.43 bits per heavy atom. The molecule has 0 spiro atoms. The number of ether oxygens (including phenoxy) is 2. The van der Waals surface area contributed by atoms with E-state index in [0.29, 0.717) is 0 Å². The molecule has 0 aliphatic carbocycles. The van der Waals surface area contributed by atoms with Gasteiger partial charge in [-0.3, -0.25) is 0 Å². The van der Waals surface area contributed by atoms with Crippen LogP contribution in [0.4, 0.5) is 0 Å². The molecule has 6 heteroatoms. The summed E-state index contributed by atoms with van der Waals surface area (Å²) in [7, 11) is 1.30. The fourth-order valence-electron chi connectivity index (χ4n) is 1.51. The Balaban J connectivity index is 2.83. The normalized spacial score (nSPS) is 49.3. The highest BCUT2D eigenvalue weighted by Crippen LogP contribution is 2.29. The topological polar surface area (TPSA) is 99.4 Å². The third-order valence-corrected chi connectivity index (χ3v) is 2.47. The molecule has 1 rings (SSSR count). The standard InChI is InChI=1S/C8H16O6/c1-8(12)6(11)5(10)4(3-9)14-7(8)13-2/h4-7,9-12H,3H2,1-2H3/t4-,5+,6+,7+,8-/m1/s1. The first kappa shape index (κ1) is 11.8. The van der Waals surface area contributed by atoms with Crippen molar-refractivity contribution in [3.05, 3.63) is 0 Å². The molecule has 0 unspecified atom stereocenters. The van der Waals surface area contributed by atoms with Crippen LogP contribution in [0.3, 0.4) is 0 Å². The van der Waals surface area contributed by atoms with Gasteiger partial charge in [0.15, 0.2) is 6.29 Å². The summed E-state index contributed by atoms with van der Waals surface area (Å²) in [6.07, 6.45) is -4.77. The Bertz CT molecular complexity index is 190. The Morgan fingerprint density at radius 1 is 1.43 bits per heavy atom. The fraction of sp³-hybridized carbons (Fsp3) is 1.00. The summed E-state index contributed by atoms with van der Waals surface area (Å²) in [6, 6.07) is 0. The van der Waals surface area contributed by atoms with Gasteiger partial charge in [-0.15, -0.1) is 0 Å². The van der Waals surface area contributed by atoms with E-state index < -0.39 is 36.8 Å². The van der Waals surface area contributed by atoms with Crippen LogP contribution in [0.5, 0.6) is 0 Å². The van der Waals surface area contributed by atoms with E-state index in [0.717, 1.165) is 0 Å². The molecule has 0 aromatic carbocycles. The van der Waals surface area contributed by atoms with Gasteiger partial charge >= 0.3 is 0 Å². The average Bonchev–Trinajstić information content (AvgIpc) is 2.15. The molecule has 0 radical (unpaired) electrons. The quantitative estimate of drug-likeness (QED) is 0.412. The van der Waals surface area contributed by atoms with E-state index in [1.54, 1.807) is 0 Å². The van der Waals surface area contributed by atoms with Gasteiger partial charge in [0.25, 0.3) is 0 Å². The lowest BCUT2D eigenvalue weighted by Crippen LogP contribution is -2.65. The van der Waals surface area contributed by atoms with Crippen LogP contribution in [0.25, 0.3) is 0 Å². The molecule has 0 bridgehead atoms. The van der Waals surface area contributed by atoms with Crippen molar-refractivity contribution >= 4 is 0 Å². The number of rotatable bonds is 2. The summed E-state index contributed by atoms with van der Waals surface area (Å²) in [5, 5.41) is 37.5. The molecule has 14 heavy (non-hydrogen) atoms. The number of hydrogen-bond donors (Lipinski definition) is 4. The van der Waals surface area contributed by atoms with Crippen molar-refractivity contribution in [2.24, 2.45) is 0 Å². The molecule has 0 aromatic rings. The lowest BCUT2D eigenvalue weighted by atomic mass is 9.88. The van der Waals surface area contributed by atoms with Gasteiger partial charge in [0.1, 0.15) is 23.9 Å². The second-order valence-corrected chi connectivity index (χ2v) is 3.59. The number of aliphatic hydroxyl groups excluding tert-OH is 3. The minimum absolute atomic E-state index is 0.450. The van der Waals surface area contributed by atoms with Gasteiger partial charge in [0.2, 0.25) is 0 Å². The zero-order valence-corrected chi connectivity index (χ0v) is 8.12. The highest BCUT2D eigenvalue weighted by molar-refractivity contribution is 4.97. The molecule has 5 atom stereocenters. The van der Waals surface area contributed by atoms with Crippen molar-refractivity contribution in [2.75, 3.05) is 13.7 Å². The Labute approximate surface area is 81.7 Å². The number of aliphatic hydroxyl groups is 4. The number of methoxy groups -OCH3 is 1. The van der Waals surface area contributed by atoms with Crippen LogP contribution in [-0.4, -0.2) is 64.3 Å². The maximum Gasteiger partial charge on any atom is 0.188 e. The number of hydrogen-bond acceptors (Lipinski definition) is 6. The van der Waals surface area contributed by atoms with Gasteiger partial charge in [-0.1, -0.05) is 0 Å². The van der Waals surface area contributed by atoms with Crippen LogP contribution >= 0.6 is 0 Å². The molecule has 0 amide bonds. The molecule has 1 heterocycles. The van der Waals surface area contributed by atoms with Crippen LogP contribution in [0.2, 0.25) is 0 Å². The SMILES string of the molecule is CO[C@H]1O[C@H](CO)[C@H](O)[C@H](O)[C@@]1(C)O. The molecular formula is C8H16O6. The van der Waals surface area contributed by atoms with E-state index in [1.165, 1.54) is 14.0 Å². The van der Waals surface area contributed by atoms with Crippen LogP contribution in [0.1, 0.15) is 6.92 Å². The van der Waals surface area contributed by atoms with Crippen LogP contribution in [0, 0.1) is 0 Å². The van der Waals surface area contributed by atoms with Gasteiger partial charge in [-0.05, 0) is 6.92 Å². The predicted molar refractivity (Wildman–Crippen MR) is 45.4 cm³/mol. The zero-order chi connectivity index (χ0) is 10.9. The summed E-state index contributed by atoms with van der Waals surface area (Å²) in [5.41, 5.74) is -1.69. The van der Waals surface area contributed by atoms with Gasteiger partial charge < -0.3 is 29.9 Å². The van der Waals surface area contributed by atoms with Gasteiger partial charge in [-0.25, -0.2) is 0 Å². The summed E-state index contributed by atoms with van der Waals surface area (Å²) in [4.78, 5) is 0. The minimum Gasteiger partial charge on any atom is -0.394 e. The Hall–Kier alpha value is -0.240. The summed E-state index contributed by atoms with van der Waals surface area (Å²) >= 11 is 0. The van der Waals surface area contributed by atoms with E-state index in [-0.39, 0.29) is 0 Å². The molecular weight excluding hydrogens is 192 g/mol. The van der Waals surface area contributed by atoms with Crippen molar-refractivity contribution in [1.82, 2.24) is 0 Å². The first-order valence-electron chi connectivity index (χ1n) is 4.32. The van der Waals surface area contributed by atoms with Gasteiger partial charge in [0.05, 0.1) is 6.61 Å². The summed E-state index contributed by atoms with van der Waals surface area (Å²) in [6.45, 7) is 0.844. The highest BCUT2D eigenvalue weighted by Gasteiger charge is 2.51. The molecule has 84 valence electrons. The van der Waals surface area contributed by atoms with Crippen molar-refractivity contribution < 1.29 is 29.9 Å².